The minimum atomic E-state index is -3.45. The molecule has 2 aromatic rings. The molecule has 6 heteroatoms. The fraction of sp³-hybridized carbons (Fsp3) is 0.350. The lowest BCUT2D eigenvalue weighted by Gasteiger charge is -2.24. The van der Waals surface area contributed by atoms with E-state index in [1.54, 1.807) is 35.2 Å². The van der Waals surface area contributed by atoms with Crippen LogP contribution in [0.4, 0.5) is 4.79 Å². The first-order chi connectivity index (χ1) is 12.5. The first-order valence-corrected chi connectivity index (χ1v) is 10.4. The molecule has 1 heterocycles. The van der Waals surface area contributed by atoms with Gasteiger partial charge in [-0.05, 0) is 30.0 Å². The van der Waals surface area contributed by atoms with Crippen LogP contribution in [0.5, 0.6) is 0 Å². The van der Waals surface area contributed by atoms with Gasteiger partial charge in [0, 0.05) is 12.6 Å². The number of nitrogens with zero attached hydrogens (tertiary/aromatic N) is 1. The van der Waals surface area contributed by atoms with Crippen LogP contribution in [0.1, 0.15) is 18.9 Å². The van der Waals surface area contributed by atoms with Gasteiger partial charge in [0.15, 0.2) is 9.84 Å². The lowest BCUT2D eigenvalue weighted by Crippen LogP contribution is -2.40. The lowest BCUT2D eigenvalue weighted by molar-refractivity contribution is 0.0940. The van der Waals surface area contributed by atoms with Crippen molar-refractivity contribution in [3.05, 3.63) is 66.2 Å². The van der Waals surface area contributed by atoms with Gasteiger partial charge in [-0.3, -0.25) is 0 Å². The number of hydrogen-bond donors (Lipinski definition) is 0. The number of ether oxygens (including phenoxy) is 1. The van der Waals surface area contributed by atoms with Gasteiger partial charge in [-0.1, -0.05) is 55.5 Å². The highest BCUT2D eigenvalue weighted by atomic mass is 32.2. The molecule has 0 aromatic heterocycles. The van der Waals surface area contributed by atoms with Crippen molar-refractivity contribution in [1.82, 2.24) is 4.90 Å². The van der Waals surface area contributed by atoms with E-state index >= 15 is 0 Å². The van der Waals surface area contributed by atoms with Crippen molar-refractivity contribution < 1.29 is 17.9 Å². The van der Waals surface area contributed by atoms with E-state index in [0.717, 1.165) is 5.56 Å². The summed E-state index contributed by atoms with van der Waals surface area (Å²) in [4.78, 5) is 14.4. The van der Waals surface area contributed by atoms with E-state index in [2.05, 4.69) is 0 Å². The predicted molar refractivity (Wildman–Crippen MR) is 99.4 cm³/mol. The Kier molecular flexibility index (Phi) is 5.61. The molecule has 0 unspecified atom stereocenters. The highest BCUT2D eigenvalue weighted by Gasteiger charge is 2.37. The zero-order valence-electron chi connectivity index (χ0n) is 14.7. The molecule has 2 aromatic carbocycles. The SMILES string of the molecule is C[C@@H]1C[C@H](CS(=O)(=O)c2ccccc2)N(C(=O)OCc2ccccc2)C1. The monoisotopic (exact) mass is 373 g/mol. The molecule has 2 atom stereocenters. The highest BCUT2D eigenvalue weighted by Crippen LogP contribution is 2.27. The Balaban J connectivity index is 1.67. The van der Waals surface area contributed by atoms with Crippen LogP contribution in [0.25, 0.3) is 0 Å². The van der Waals surface area contributed by atoms with Gasteiger partial charge in [0.25, 0.3) is 0 Å². The Morgan fingerprint density at radius 1 is 1.08 bits per heavy atom. The molecule has 0 bridgehead atoms. The molecule has 0 N–H and O–H groups in total. The van der Waals surface area contributed by atoms with Gasteiger partial charge in [0.05, 0.1) is 10.6 Å². The number of sulfone groups is 1. The molecule has 26 heavy (non-hydrogen) atoms. The van der Waals surface area contributed by atoms with Gasteiger partial charge in [-0.2, -0.15) is 0 Å². The molecule has 0 saturated carbocycles. The molecule has 3 rings (SSSR count). The van der Waals surface area contributed by atoms with E-state index < -0.39 is 15.9 Å². The Hall–Kier alpha value is -2.34. The summed E-state index contributed by atoms with van der Waals surface area (Å²) in [7, 11) is -3.45. The number of amides is 1. The molecule has 1 amide bonds. The largest absolute Gasteiger partial charge is 0.445 e. The molecule has 138 valence electrons. The van der Waals surface area contributed by atoms with E-state index in [-0.39, 0.29) is 29.2 Å². The maximum absolute atomic E-state index is 12.7. The topological polar surface area (TPSA) is 63.7 Å². The maximum atomic E-state index is 12.7. The number of carbonyl (C=O) groups excluding carboxylic acids is 1. The van der Waals surface area contributed by atoms with Crippen molar-refractivity contribution in [2.75, 3.05) is 12.3 Å². The molecule has 0 radical (unpaired) electrons. The van der Waals surface area contributed by atoms with Gasteiger partial charge >= 0.3 is 6.09 Å². The Bertz CT molecular complexity index is 837. The summed E-state index contributed by atoms with van der Waals surface area (Å²) in [5.41, 5.74) is 0.904. The second-order valence-electron chi connectivity index (χ2n) is 6.78. The van der Waals surface area contributed by atoms with E-state index in [0.29, 0.717) is 13.0 Å². The van der Waals surface area contributed by atoms with Crippen molar-refractivity contribution in [1.29, 1.82) is 0 Å². The fourth-order valence-corrected chi connectivity index (χ4v) is 4.90. The van der Waals surface area contributed by atoms with Crippen LogP contribution in [-0.4, -0.2) is 37.8 Å². The smallest absolute Gasteiger partial charge is 0.410 e. The van der Waals surface area contributed by atoms with Crippen molar-refractivity contribution in [2.45, 2.75) is 30.9 Å². The standard InChI is InChI=1S/C20H23NO4S/c1-16-12-18(15-26(23,24)19-10-6-3-7-11-19)21(13-16)20(22)25-14-17-8-4-2-5-9-17/h2-11,16,18H,12-15H2,1H3/t16-,18-/m1/s1. The third kappa shape index (κ3) is 4.43. The van der Waals surface area contributed by atoms with E-state index in [4.69, 9.17) is 4.74 Å². The van der Waals surface area contributed by atoms with Gasteiger partial charge in [0.2, 0.25) is 0 Å². The molecular formula is C20H23NO4S. The van der Waals surface area contributed by atoms with Crippen LogP contribution >= 0.6 is 0 Å². The third-order valence-electron chi connectivity index (χ3n) is 4.58. The second-order valence-corrected chi connectivity index (χ2v) is 8.82. The van der Waals surface area contributed by atoms with Crippen LogP contribution in [-0.2, 0) is 21.2 Å². The van der Waals surface area contributed by atoms with Crippen molar-refractivity contribution >= 4 is 15.9 Å². The lowest BCUT2D eigenvalue weighted by atomic mass is 10.1. The van der Waals surface area contributed by atoms with Gasteiger partial charge < -0.3 is 9.64 Å². The van der Waals surface area contributed by atoms with Gasteiger partial charge in [0.1, 0.15) is 6.61 Å². The van der Waals surface area contributed by atoms with Crippen molar-refractivity contribution in [3.63, 3.8) is 0 Å². The van der Waals surface area contributed by atoms with Crippen molar-refractivity contribution in [3.8, 4) is 0 Å². The summed E-state index contributed by atoms with van der Waals surface area (Å²) in [6.07, 6.45) is 0.207. The number of hydrogen-bond acceptors (Lipinski definition) is 4. The summed E-state index contributed by atoms with van der Waals surface area (Å²) in [6.45, 7) is 2.72. The maximum Gasteiger partial charge on any atom is 0.410 e. The van der Waals surface area contributed by atoms with Crippen LogP contribution < -0.4 is 0 Å². The minimum absolute atomic E-state index is 0.0816. The summed E-state index contributed by atoms with van der Waals surface area (Å²) in [6, 6.07) is 17.4. The average Bonchev–Trinajstić information content (AvgIpc) is 3.01. The van der Waals surface area contributed by atoms with E-state index in [1.807, 2.05) is 37.3 Å². The average molecular weight is 373 g/mol. The Morgan fingerprint density at radius 3 is 2.35 bits per heavy atom. The fourth-order valence-electron chi connectivity index (χ4n) is 3.31. The van der Waals surface area contributed by atoms with Crippen LogP contribution in [0.15, 0.2) is 65.6 Å². The molecule has 1 fully saturated rings. The van der Waals surface area contributed by atoms with Gasteiger partial charge in [-0.25, -0.2) is 13.2 Å². The zero-order chi connectivity index (χ0) is 18.6. The quantitative estimate of drug-likeness (QED) is 0.805. The number of likely N-dealkylation sites (tertiary alicyclic amines) is 1. The number of benzene rings is 2. The molecular weight excluding hydrogens is 350 g/mol. The van der Waals surface area contributed by atoms with Crippen LogP contribution in [0, 0.1) is 5.92 Å². The molecule has 0 spiro atoms. The normalized spacial score (nSPS) is 20.1. The summed E-state index contributed by atoms with van der Waals surface area (Å²) in [5.74, 6) is 0.164. The first kappa shape index (κ1) is 18.5. The minimum Gasteiger partial charge on any atom is -0.445 e. The summed E-state index contributed by atoms with van der Waals surface area (Å²) >= 11 is 0. The Morgan fingerprint density at radius 2 is 1.69 bits per heavy atom. The second kappa shape index (κ2) is 7.91. The summed E-state index contributed by atoms with van der Waals surface area (Å²) < 4.78 is 30.7. The predicted octanol–water partition coefficient (Wildman–Crippen LogP) is 3.51. The molecule has 5 nitrogen and oxygen atoms in total. The van der Waals surface area contributed by atoms with Gasteiger partial charge in [-0.15, -0.1) is 0 Å². The van der Waals surface area contributed by atoms with Crippen LogP contribution in [0.2, 0.25) is 0 Å². The molecule has 1 saturated heterocycles. The van der Waals surface area contributed by atoms with E-state index in [9.17, 15) is 13.2 Å². The highest BCUT2D eigenvalue weighted by molar-refractivity contribution is 7.91. The first-order valence-electron chi connectivity index (χ1n) is 8.71. The van der Waals surface area contributed by atoms with Crippen LogP contribution in [0.3, 0.4) is 0 Å². The number of rotatable bonds is 5. The zero-order valence-corrected chi connectivity index (χ0v) is 15.6. The van der Waals surface area contributed by atoms with E-state index in [1.165, 1.54) is 0 Å². The molecule has 1 aliphatic heterocycles. The number of carbonyl (C=O) groups is 1. The Labute approximate surface area is 154 Å². The third-order valence-corrected chi connectivity index (χ3v) is 6.39. The molecule has 1 aliphatic rings. The molecule has 0 aliphatic carbocycles. The summed E-state index contributed by atoms with van der Waals surface area (Å²) in [5, 5.41) is 0. The van der Waals surface area contributed by atoms with Crippen molar-refractivity contribution in [2.24, 2.45) is 5.92 Å².